The average Bonchev–Trinajstić information content (AvgIpc) is 3.06. The molecule has 1 fully saturated rings. The molecule has 2 heterocycles. The third-order valence-electron chi connectivity index (χ3n) is 4.85. The largest absolute Gasteiger partial charge is 0.462 e. The van der Waals surface area contributed by atoms with Gasteiger partial charge in [-0.15, -0.1) is 0 Å². The minimum Gasteiger partial charge on any atom is -0.462 e. The van der Waals surface area contributed by atoms with Crippen molar-refractivity contribution in [1.29, 1.82) is 0 Å². The molecule has 3 N–H and O–H groups in total. The molecule has 1 saturated heterocycles. The number of benzene rings is 1. The van der Waals surface area contributed by atoms with Crippen molar-refractivity contribution < 1.29 is 37.4 Å². The maximum absolute atomic E-state index is 14.7. The molecule has 12 nitrogen and oxygen atoms in total. The van der Waals surface area contributed by atoms with Gasteiger partial charge in [0.2, 0.25) is 0 Å². The van der Waals surface area contributed by atoms with Gasteiger partial charge in [0.25, 0.3) is 5.56 Å². The lowest BCUT2D eigenvalue weighted by atomic mass is 10.1. The van der Waals surface area contributed by atoms with Gasteiger partial charge in [0.1, 0.15) is 24.0 Å². The summed E-state index contributed by atoms with van der Waals surface area (Å²) < 4.78 is 50.4. The molecule has 6 atom stereocenters. The summed E-state index contributed by atoms with van der Waals surface area (Å²) in [6, 6.07) is 7.86. The van der Waals surface area contributed by atoms with Crippen LogP contribution in [-0.4, -0.2) is 57.8 Å². The molecular weight excluding hydrogens is 488 g/mol. The zero-order valence-corrected chi connectivity index (χ0v) is 20.1. The van der Waals surface area contributed by atoms with Gasteiger partial charge in [-0.2, -0.15) is 5.09 Å². The van der Waals surface area contributed by atoms with E-state index in [-0.39, 0.29) is 5.75 Å². The normalized spacial score (nSPS) is 24.6. The quantitative estimate of drug-likeness (QED) is 0.311. The van der Waals surface area contributed by atoms with E-state index in [4.69, 9.17) is 18.5 Å². The molecule has 3 rings (SSSR count). The van der Waals surface area contributed by atoms with E-state index >= 15 is 0 Å². The number of aliphatic hydroxyl groups is 1. The Balaban J connectivity index is 1.75. The molecule has 192 valence electrons. The number of para-hydroxylation sites is 1. The number of halogens is 1. The second-order valence-electron chi connectivity index (χ2n) is 8.05. The van der Waals surface area contributed by atoms with E-state index < -0.39 is 68.3 Å². The Morgan fingerprint density at radius 1 is 1.26 bits per heavy atom. The van der Waals surface area contributed by atoms with Gasteiger partial charge < -0.3 is 19.1 Å². The summed E-state index contributed by atoms with van der Waals surface area (Å²) in [6.07, 6.45) is -6.13. The van der Waals surface area contributed by atoms with E-state index in [0.29, 0.717) is 0 Å². The standard InChI is InChI=1S/C21H27FN3O9P/c1-12(2)32-20(28)13(3)24-35(30,34-14-7-5-4-6-8-14)31-11-15-18(27)17(22)19(33-15)25-10-9-16(26)23-21(25)29/h4-10,12-13,15,17-19,27H,11H2,1-3H3,(H,24,30)(H,23,26,29)/t13-,15?,17+,18+,19?,35-/m0/s1. The first-order chi connectivity index (χ1) is 16.5. The molecule has 1 aromatic carbocycles. The lowest BCUT2D eigenvalue weighted by molar-refractivity contribution is -0.149. The smallest absolute Gasteiger partial charge is 0.459 e. The maximum atomic E-state index is 14.7. The Morgan fingerprint density at radius 3 is 2.57 bits per heavy atom. The molecule has 1 aliphatic heterocycles. The highest BCUT2D eigenvalue weighted by atomic mass is 31.2. The first-order valence-electron chi connectivity index (χ1n) is 10.8. The van der Waals surface area contributed by atoms with Crippen molar-refractivity contribution in [2.24, 2.45) is 0 Å². The summed E-state index contributed by atoms with van der Waals surface area (Å²) in [5.74, 6) is -0.555. The van der Waals surface area contributed by atoms with Crippen LogP contribution < -0.4 is 20.9 Å². The van der Waals surface area contributed by atoms with E-state index in [2.05, 4.69) is 5.09 Å². The fraction of sp³-hybridized carbons (Fsp3) is 0.476. The van der Waals surface area contributed by atoms with Crippen LogP contribution in [0.15, 0.2) is 52.2 Å². The molecule has 0 saturated carbocycles. The van der Waals surface area contributed by atoms with Crippen LogP contribution in [0.3, 0.4) is 0 Å². The number of H-pyrrole nitrogens is 1. The lowest BCUT2D eigenvalue weighted by Crippen LogP contribution is -2.37. The molecular formula is C21H27FN3O9P. The number of aliphatic hydroxyl groups excluding tert-OH is 1. The van der Waals surface area contributed by atoms with Crippen molar-refractivity contribution in [3.8, 4) is 5.75 Å². The van der Waals surface area contributed by atoms with E-state index in [9.17, 15) is 28.4 Å². The molecule has 0 spiro atoms. The number of esters is 1. The fourth-order valence-corrected chi connectivity index (χ4v) is 4.70. The SMILES string of the molecule is CC(C)OC(=O)[C@H](C)N[P@](=O)(OCC1OC(n2ccc(=O)[nH]c2=O)[C@H](F)[C@@H]1O)Oc1ccccc1. The molecule has 1 aromatic heterocycles. The van der Waals surface area contributed by atoms with Crippen LogP contribution in [0, 0.1) is 0 Å². The number of alkyl halides is 1. The van der Waals surface area contributed by atoms with Gasteiger partial charge in [0.15, 0.2) is 12.4 Å². The predicted octanol–water partition coefficient (Wildman–Crippen LogP) is 1.27. The topological polar surface area (TPSA) is 158 Å². The van der Waals surface area contributed by atoms with Gasteiger partial charge in [-0.25, -0.2) is 13.8 Å². The van der Waals surface area contributed by atoms with Crippen molar-refractivity contribution in [3.05, 3.63) is 63.4 Å². The molecule has 14 heteroatoms. The van der Waals surface area contributed by atoms with E-state index in [1.54, 1.807) is 32.0 Å². The number of aromatic nitrogens is 2. The summed E-state index contributed by atoms with van der Waals surface area (Å²) in [5.41, 5.74) is -1.62. The van der Waals surface area contributed by atoms with Crippen LogP contribution >= 0.6 is 7.75 Å². The summed E-state index contributed by atoms with van der Waals surface area (Å²) in [4.78, 5) is 37.4. The third kappa shape index (κ3) is 6.86. The Hall–Kier alpha value is -2.83. The zero-order chi connectivity index (χ0) is 25.8. The number of hydrogen-bond acceptors (Lipinski definition) is 9. The van der Waals surface area contributed by atoms with Gasteiger partial charge in [-0.05, 0) is 32.9 Å². The lowest BCUT2D eigenvalue weighted by Gasteiger charge is -2.25. The van der Waals surface area contributed by atoms with Gasteiger partial charge in [0, 0.05) is 12.3 Å². The number of nitrogens with zero attached hydrogens (tertiary/aromatic N) is 1. The highest BCUT2D eigenvalue weighted by molar-refractivity contribution is 7.52. The molecule has 0 radical (unpaired) electrons. The number of carbonyl (C=O) groups is 1. The average molecular weight is 515 g/mol. The van der Waals surface area contributed by atoms with E-state index in [1.165, 1.54) is 19.1 Å². The highest BCUT2D eigenvalue weighted by Gasteiger charge is 2.47. The van der Waals surface area contributed by atoms with Crippen LogP contribution in [0.25, 0.3) is 0 Å². The monoisotopic (exact) mass is 515 g/mol. The van der Waals surface area contributed by atoms with Gasteiger partial charge in [0.05, 0.1) is 12.7 Å². The second-order valence-corrected chi connectivity index (χ2v) is 9.75. The minimum absolute atomic E-state index is 0.154. The van der Waals surface area contributed by atoms with Crippen molar-refractivity contribution in [2.45, 2.75) is 57.5 Å². The van der Waals surface area contributed by atoms with Gasteiger partial charge in [-0.1, -0.05) is 18.2 Å². The third-order valence-corrected chi connectivity index (χ3v) is 6.50. The van der Waals surface area contributed by atoms with Gasteiger partial charge in [-0.3, -0.25) is 23.7 Å². The van der Waals surface area contributed by atoms with Crippen molar-refractivity contribution >= 4 is 13.7 Å². The number of carbonyl (C=O) groups excluding carboxylic acids is 1. The van der Waals surface area contributed by atoms with Crippen LogP contribution in [0.4, 0.5) is 4.39 Å². The second kappa shape index (κ2) is 11.3. The Kier molecular flexibility index (Phi) is 8.62. The minimum atomic E-state index is -4.28. The van der Waals surface area contributed by atoms with Crippen molar-refractivity contribution in [1.82, 2.24) is 14.6 Å². The number of nitrogens with one attached hydrogen (secondary N) is 2. The van der Waals surface area contributed by atoms with E-state index in [0.717, 1.165) is 16.8 Å². The van der Waals surface area contributed by atoms with Crippen LogP contribution in [-0.2, 0) is 23.4 Å². The number of aromatic amines is 1. The number of hydrogen-bond donors (Lipinski definition) is 3. The zero-order valence-electron chi connectivity index (χ0n) is 19.2. The Morgan fingerprint density at radius 2 is 1.94 bits per heavy atom. The maximum Gasteiger partial charge on any atom is 0.459 e. The molecule has 2 unspecified atom stereocenters. The summed E-state index contributed by atoms with van der Waals surface area (Å²) in [5, 5.41) is 12.8. The first-order valence-corrected chi connectivity index (χ1v) is 12.3. The van der Waals surface area contributed by atoms with Crippen molar-refractivity contribution in [3.63, 3.8) is 0 Å². The predicted molar refractivity (Wildman–Crippen MR) is 121 cm³/mol. The van der Waals surface area contributed by atoms with Crippen molar-refractivity contribution in [2.75, 3.05) is 6.61 Å². The molecule has 1 aliphatic rings. The first kappa shape index (κ1) is 26.8. The number of ether oxygens (including phenoxy) is 2. The van der Waals surface area contributed by atoms with Crippen LogP contribution in [0.2, 0.25) is 0 Å². The fourth-order valence-electron chi connectivity index (χ4n) is 3.20. The number of rotatable bonds is 10. The summed E-state index contributed by atoms with van der Waals surface area (Å²) in [7, 11) is -4.28. The Labute approximate surface area is 199 Å². The molecule has 0 amide bonds. The van der Waals surface area contributed by atoms with Gasteiger partial charge >= 0.3 is 19.4 Å². The summed E-state index contributed by atoms with van der Waals surface area (Å²) in [6.45, 7) is 4.07. The van der Waals surface area contributed by atoms with E-state index in [1.807, 2.05) is 4.98 Å². The summed E-state index contributed by atoms with van der Waals surface area (Å²) >= 11 is 0. The van der Waals surface area contributed by atoms with Crippen LogP contribution in [0.5, 0.6) is 5.75 Å². The Bertz CT molecular complexity index is 1170. The molecule has 0 bridgehead atoms. The molecule has 0 aliphatic carbocycles. The van der Waals surface area contributed by atoms with Crippen LogP contribution in [0.1, 0.15) is 27.0 Å². The highest BCUT2D eigenvalue weighted by Crippen LogP contribution is 2.46. The molecule has 2 aromatic rings. The molecule has 35 heavy (non-hydrogen) atoms.